The summed E-state index contributed by atoms with van der Waals surface area (Å²) in [5.41, 5.74) is 0. The van der Waals surface area contributed by atoms with Crippen LogP contribution in [0.25, 0.3) is 0 Å². The molecule has 0 spiro atoms. The largest absolute Gasteiger partial charge is 0.308 e. The van der Waals surface area contributed by atoms with Crippen molar-refractivity contribution in [2.45, 2.75) is 25.7 Å². The van der Waals surface area contributed by atoms with Gasteiger partial charge in [-0.2, -0.15) is 8.78 Å². The van der Waals surface area contributed by atoms with Gasteiger partial charge in [-0.25, -0.2) is 0 Å². The molecule has 0 aromatic rings. The molecule has 0 bridgehead atoms. The Hall–Kier alpha value is -0.510. The first kappa shape index (κ1) is 10.6. The van der Waals surface area contributed by atoms with Crippen LogP contribution in [0.5, 0.6) is 0 Å². The van der Waals surface area contributed by atoms with Crippen LogP contribution in [0.1, 0.15) is 19.8 Å². The quantitative estimate of drug-likeness (QED) is 0.660. The third kappa shape index (κ3) is 2.24. The van der Waals surface area contributed by atoms with Gasteiger partial charge in [-0.3, -0.25) is 4.79 Å². The Kier molecular flexibility index (Phi) is 3.01. The molecule has 1 heterocycles. The van der Waals surface area contributed by atoms with Crippen molar-refractivity contribution >= 4 is 5.78 Å². The molecular formula is C9H15F2NO. The number of nitrogens with zero attached hydrogens (tertiary/aromatic N) is 1. The number of Topliss-reactive ketones (excluding diaryl/α,β-unsaturated/α-hetero) is 1. The first-order valence-corrected chi connectivity index (χ1v) is 4.52. The van der Waals surface area contributed by atoms with Gasteiger partial charge in [-0.1, -0.05) is 0 Å². The topological polar surface area (TPSA) is 20.3 Å². The predicted molar refractivity (Wildman–Crippen MR) is 45.8 cm³/mol. The number of alkyl halides is 2. The lowest BCUT2D eigenvalue weighted by molar-refractivity contribution is -0.152. The second-order valence-electron chi connectivity index (χ2n) is 3.78. The molecule has 0 aliphatic carbocycles. The Balaban J connectivity index is 2.64. The van der Waals surface area contributed by atoms with E-state index < -0.39 is 17.6 Å². The highest BCUT2D eigenvalue weighted by Crippen LogP contribution is 2.32. The summed E-state index contributed by atoms with van der Waals surface area (Å²) >= 11 is 0. The number of carbonyl (C=O) groups is 1. The van der Waals surface area contributed by atoms with Gasteiger partial charge in [-0.05, 0) is 26.4 Å². The molecule has 1 rings (SSSR count). The summed E-state index contributed by atoms with van der Waals surface area (Å²) in [6.45, 7) is 2.14. The fourth-order valence-corrected chi connectivity index (χ4v) is 1.75. The number of rotatable bonds is 2. The minimum Gasteiger partial charge on any atom is -0.306 e. The Morgan fingerprint density at radius 1 is 1.54 bits per heavy atom. The highest BCUT2D eigenvalue weighted by molar-refractivity contribution is 5.83. The molecule has 0 saturated carbocycles. The molecule has 0 amide bonds. The maximum absolute atomic E-state index is 13.2. The van der Waals surface area contributed by atoms with Crippen LogP contribution in [-0.4, -0.2) is 36.7 Å². The lowest BCUT2D eigenvalue weighted by Crippen LogP contribution is -2.45. The van der Waals surface area contributed by atoms with Crippen LogP contribution in [0, 0.1) is 5.92 Å². The monoisotopic (exact) mass is 191 g/mol. The normalized spacial score (nSPS) is 26.0. The van der Waals surface area contributed by atoms with Crippen LogP contribution >= 0.6 is 0 Å². The van der Waals surface area contributed by atoms with Gasteiger partial charge in [0.1, 0.15) is 0 Å². The first-order valence-electron chi connectivity index (χ1n) is 4.52. The number of piperidine rings is 1. The fourth-order valence-electron chi connectivity index (χ4n) is 1.75. The van der Waals surface area contributed by atoms with Crippen LogP contribution in [0.15, 0.2) is 0 Å². The van der Waals surface area contributed by atoms with Gasteiger partial charge in [0.05, 0.1) is 0 Å². The number of halogens is 2. The number of hydrogen-bond donors (Lipinski definition) is 0. The van der Waals surface area contributed by atoms with Crippen LogP contribution < -0.4 is 0 Å². The molecule has 4 heteroatoms. The molecule has 13 heavy (non-hydrogen) atoms. The lowest BCUT2D eigenvalue weighted by Gasteiger charge is -2.33. The van der Waals surface area contributed by atoms with Crippen LogP contribution in [0.2, 0.25) is 0 Å². The molecule has 1 atom stereocenters. The highest BCUT2D eigenvalue weighted by Gasteiger charge is 2.45. The highest BCUT2D eigenvalue weighted by atomic mass is 19.3. The summed E-state index contributed by atoms with van der Waals surface area (Å²) in [6.07, 6.45) is 1.21. The summed E-state index contributed by atoms with van der Waals surface area (Å²) < 4.78 is 26.5. The van der Waals surface area contributed by atoms with Gasteiger partial charge >= 0.3 is 5.92 Å². The predicted octanol–water partition coefficient (Wildman–Crippen LogP) is 1.55. The summed E-state index contributed by atoms with van der Waals surface area (Å²) in [4.78, 5) is 12.6. The zero-order chi connectivity index (χ0) is 10.1. The summed E-state index contributed by atoms with van der Waals surface area (Å²) in [7, 11) is 1.81. The van der Waals surface area contributed by atoms with E-state index in [4.69, 9.17) is 0 Å². The van der Waals surface area contributed by atoms with E-state index in [-0.39, 0.29) is 0 Å². The third-order valence-electron chi connectivity index (χ3n) is 2.61. The standard InChI is InChI=1S/C9H15F2NO/c1-7(13)9(10,11)8-4-3-5-12(2)6-8/h8H,3-6H2,1-2H3. The molecule has 0 N–H and O–H groups in total. The van der Waals surface area contributed by atoms with E-state index in [1.807, 2.05) is 11.9 Å². The Morgan fingerprint density at radius 2 is 2.15 bits per heavy atom. The van der Waals surface area contributed by atoms with Gasteiger partial charge in [0.15, 0.2) is 5.78 Å². The van der Waals surface area contributed by atoms with Gasteiger partial charge < -0.3 is 4.90 Å². The van der Waals surface area contributed by atoms with E-state index in [2.05, 4.69) is 0 Å². The van der Waals surface area contributed by atoms with E-state index >= 15 is 0 Å². The second kappa shape index (κ2) is 3.70. The fraction of sp³-hybridized carbons (Fsp3) is 0.889. The van der Waals surface area contributed by atoms with Crippen molar-refractivity contribution in [1.82, 2.24) is 4.90 Å². The molecule has 0 aromatic carbocycles. The third-order valence-corrected chi connectivity index (χ3v) is 2.61. The Morgan fingerprint density at radius 3 is 2.62 bits per heavy atom. The molecule has 1 aliphatic rings. The number of hydrogen-bond acceptors (Lipinski definition) is 2. The lowest BCUT2D eigenvalue weighted by atomic mass is 9.90. The van der Waals surface area contributed by atoms with Gasteiger partial charge in [0.25, 0.3) is 0 Å². The molecule has 1 fully saturated rings. The van der Waals surface area contributed by atoms with Crippen molar-refractivity contribution in [2.75, 3.05) is 20.1 Å². The van der Waals surface area contributed by atoms with E-state index in [0.717, 1.165) is 19.9 Å². The summed E-state index contributed by atoms with van der Waals surface area (Å²) in [6, 6.07) is 0. The number of likely N-dealkylation sites (tertiary alicyclic amines) is 1. The van der Waals surface area contributed by atoms with Gasteiger partial charge in [0.2, 0.25) is 0 Å². The van der Waals surface area contributed by atoms with Crippen LogP contribution in [0.3, 0.4) is 0 Å². The smallest absolute Gasteiger partial charge is 0.306 e. The number of ketones is 1. The van der Waals surface area contributed by atoms with Crippen molar-refractivity contribution in [3.63, 3.8) is 0 Å². The minimum atomic E-state index is -3.13. The Bertz CT molecular complexity index is 206. The van der Waals surface area contributed by atoms with Crippen molar-refractivity contribution in [2.24, 2.45) is 5.92 Å². The summed E-state index contributed by atoms with van der Waals surface area (Å²) in [5, 5.41) is 0. The maximum atomic E-state index is 13.2. The van der Waals surface area contributed by atoms with Crippen molar-refractivity contribution in [3.05, 3.63) is 0 Å². The Labute approximate surface area is 76.9 Å². The number of carbonyl (C=O) groups excluding carboxylic acids is 1. The first-order chi connectivity index (χ1) is 5.94. The van der Waals surface area contributed by atoms with E-state index in [9.17, 15) is 13.6 Å². The molecule has 0 aromatic heterocycles. The van der Waals surface area contributed by atoms with E-state index in [1.165, 1.54) is 0 Å². The average molecular weight is 191 g/mol. The van der Waals surface area contributed by atoms with Crippen molar-refractivity contribution < 1.29 is 13.6 Å². The van der Waals surface area contributed by atoms with Gasteiger partial charge in [-0.15, -0.1) is 0 Å². The SMILES string of the molecule is CC(=O)C(F)(F)C1CCCN(C)C1. The molecule has 0 radical (unpaired) electrons. The zero-order valence-electron chi connectivity index (χ0n) is 8.02. The molecule has 1 saturated heterocycles. The van der Waals surface area contributed by atoms with E-state index in [1.54, 1.807) is 0 Å². The van der Waals surface area contributed by atoms with Gasteiger partial charge in [0, 0.05) is 19.4 Å². The zero-order valence-corrected chi connectivity index (χ0v) is 8.02. The van der Waals surface area contributed by atoms with Crippen LogP contribution in [-0.2, 0) is 4.79 Å². The molecule has 1 unspecified atom stereocenters. The second-order valence-corrected chi connectivity index (χ2v) is 3.78. The van der Waals surface area contributed by atoms with Crippen LogP contribution in [0.4, 0.5) is 8.78 Å². The van der Waals surface area contributed by atoms with Crippen molar-refractivity contribution in [1.29, 1.82) is 0 Å². The molecule has 2 nitrogen and oxygen atoms in total. The van der Waals surface area contributed by atoms with Crippen molar-refractivity contribution in [3.8, 4) is 0 Å². The molecule has 76 valence electrons. The summed E-state index contributed by atoms with van der Waals surface area (Å²) in [5.74, 6) is -4.93. The maximum Gasteiger partial charge on any atom is 0.308 e. The molecule has 1 aliphatic heterocycles. The molecular weight excluding hydrogens is 176 g/mol. The van der Waals surface area contributed by atoms with E-state index in [0.29, 0.717) is 13.0 Å². The minimum absolute atomic E-state index is 0.326. The average Bonchev–Trinajstić information content (AvgIpc) is 2.04.